The molecule has 0 radical (unpaired) electrons. The molecule has 5 aromatic rings. The minimum atomic E-state index is -0.622. The Morgan fingerprint density at radius 1 is 0.925 bits per heavy atom. The van der Waals surface area contributed by atoms with Crippen LogP contribution in [0.3, 0.4) is 0 Å². The first-order chi connectivity index (χ1) is 19.4. The summed E-state index contributed by atoms with van der Waals surface area (Å²) in [7, 11) is 1.61. The van der Waals surface area contributed by atoms with Crippen molar-refractivity contribution in [2.24, 2.45) is 0 Å². The van der Waals surface area contributed by atoms with Gasteiger partial charge in [-0.1, -0.05) is 36.4 Å². The van der Waals surface area contributed by atoms with Gasteiger partial charge >= 0.3 is 5.97 Å². The molecule has 202 valence electrons. The van der Waals surface area contributed by atoms with Gasteiger partial charge in [-0.2, -0.15) is 5.10 Å². The van der Waals surface area contributed by atoms with E-state index < -0.39 is 12.6 Å². The summed E-state index contributed by atoms with van der Waals surface area (Å²) in [5.74, 6) is -0.226. The van der Waals surface area contributed by atoms with Crippen LogP contribution in [0.2, 0.25) is 0 Å². The number of anilines is 1. The molecule has 0 bridgehead atoms. The molecule has 0 unspecified atom stereocenters. The molecule has 0 saturated heterocycles. The number of hydrogen-bond acceptors (Lipinski definition) is 6. The first kappa shape index (κ1) is 26.6. The number of carbonyl (C=O) groups excluding carboxylic acids is 2. The maximum Gasteiger partial charge on any atom is 0.339 e. The van der Waals surface area contributed by atoms with Crippen molar-refractivity contribution in [2.75, 3.05) is 18.6 Å². The number of benzene rings is 3. The molecule has 5 rings (SSSR count). The van der Waals surface area contributed by atoms with Crippen LogP contribution < -0.4 is 9.64 Å². The van der Waals surface area contributed by atoms with Crippen LogP contribution >= 0.6 is 0 Å². The van der Waals surface area contributed by atoms with E-state index in [1.54, 1.807) is 22.8 Å². The van der Waals surface area contributed by atoms with Crippen LogP contribution in [0.1, 0.15) is 29.9 Å². The molecule has 3 aromatic carbocycles. The van der Waals surface area contributed by atoms with Crippen LogP contribution in [0.5, 0.6) is 5.75 Å². The molecule has 0 N–H and O–H groups in total. The van der Waals surface area contributed by atoms with Gasteiger partial charge in [0.1, 0.15) is 5.75 Å². The van der Waals surface area contributed by atoms with Crippen molar-refractivity contribution in [1.82, 2.24) is 14.8 Å². The third-order valence-electron chi connectivity index (χ3n) is 6.57. The van der Waals surface area contributed by atoms with Crippen molar-refractivity contribution in [3.05, 3.63) is 102 Å². The molecule has 1 amide bonds. The van der Waals surface area contributed by atoms with Crippen molar-refractivity contribution in [1.29, 1.82) is 0 Å². The Labute approximate surface area is 232 Å². The Morgan fingerprint density at radius 3 is 2.20 bits per heavy atom. The standard InChI is InChI=1S/C32H30N4O4/c1-21(2)35(24-11-7-5-8-12-24)29(37)20-40-32(38)27-19-28(23-15-17-26(39-4)18-16-23)33-31-30(27)22(3)34-36(31)25-13-9-6-10-14-25/h5-19,21H,20H2,1-4H3. The van der Waals surface area contributed by atoms with Gasteiger partial charge in [0.2, 0.25) is 0 Å². The van der Waals surface area contributed by atoms with Gasteiger partial charge in [0.15, 0.2) is 12.3 Å². The summed E-state index contributed by atoms with van der Waals surface area (Å²) >= 11 is 0. The highest BCUT2D eigenvalue weighted by atomic mass is 16.5. The molecular weight excluding hydrogens is 504 g/mol. The van der Waals surface area contributed by atoms with E-state index in [1.807, 2.05) is 106 Å². The summed E-state index contributed by atoms with van der Waals surface area (Å²) in [5, 5.41) is 5.27. The fraction of sp³-hybridized carbons (Fsp3) is 0.188. The number of fused-ring (bicyclic) bond motifs is 1. The van der Waals surface area contributed by atoms with E-state index in [0.29, 0.717) is 33.7 Å². The highest BCUT2D eigenvalue weighted by Gasteiger charge is 2.25. The molecule has 0 aliphatic carbocycles. The number of rotatable bonds is 8. The number of carbonyl (C=O) groups is 2. The van der Waals surface area contributed by atoms with E-state index in [9.17, 15) is 9.59 Å². The molecule has 0 atom stereocenters. The van der Waals surface area contributed by atoms with Crippen LogP contribution in [-0.4, -0.2) is 46.4 Å². The molecule has 2 heterocycles. The summed E-state index contributed by atoms with van der Waals surface area (Å²) in [6, 6.07) is 27.9. The Hall–Kier alpha value is -4.98. The van der Waals surface area contributed by atoms with Gasteiger partial charge in [0.25, 0.3) is 5.91 Å². The lowest BCUT2D eigenvalue weighted by Crippen LogP contribution is -2.39. The van der Waals surface area contributed by atoms with Crippen LogP contribution in [0.15, 0.2) is 91.0 Å². The van der Waals surface area contributed by atoms with Crippen molar-refractivity contribution in [2.45, 2.75) is 26.8 Å². The van der Waals surface area contributed by atoms with Gasteiger partial charge in [-0.05, 0) is 75.4 Å². The number of pyridine rings is 1. The highest BCUT2D eigenvalue weighted by Crippen LogP contribution is 2.30. The number of esters is 1. The van der Waals surface area contributed by atoms with E-state index >= 15 is 0 Å². The summed E-state index contributed by atoms with van der Waals surface area (Å²) < 4.78 is 12.6. The molecule has 0 aliphatic heterocycles. The van der Waals surface area contributed by atoms with Crippen LogP contribution in [-0.2, 0) is 9.53 Å². The van der Waals surface area contributed by atoms with Crippen LogP contribution in [0.25, 0.3) is 28.0 Å². The quantitative estimate of drug-likeness (QED) is 0.227. The fourth-order valence-corrected chi connectivity index (χ4v) is 4.70. The first-order valence-corrected chi connectivity index (χ1v) is 13.0. The second-order valence-corrected chi connectivity index (χ2v) is 9.58. The third-order valence-corrected chi connectivity index (χ3v) is 6.57. The number of para-hydroxylation sites is 2. The van der Waals surface area contributed by atoms with Gasteiger partial charge in [-0.15, -0.1) is 0 Å². The minimum absolute atomic E-state index is 0.116. The fourth-order valence-electron chi connectivity index (χ4n) is 4.70. The second-order valence-electron chi connectivity index (χ2n) is 9.58. The normalized spacial score (nSPS) is 11.0. The minimum Gasteiger partial charge on any atom is -0.497 e. The molecule has 0 saturated carbocycles. The number of amides is 1. The first-order valence-electron chi connectivity index (χ1n) is 13.0. The largest absolute Gasteiger partial charge is 0.497 e. The van der Waals surface area contributed by atoms with Gasteiger partial charge in [0.05, 0.1) is 35.1 Å². The number of aryl methyl sites for hydroxylation is 1. The van der Waals surface area contributed by atoms with Gasteiger partial charge in [-0.3, -0.25) is 4.79 Å². The zero-order valence-corrected chi connectivity index (χ0v) is 22.9. The highest BCUT2D eigenvalue weighted by molar-refractivity contribution is 6.06. The van der Waals surface area contributed by atoms with Crippen molar-refractivity contribution < 1.29 is 19.1 Å². The summed E-state index contributed by atoms with van der Waals surface area (Å²) in [4.78, 5) is 33.3. The summed E-state index contributed by atoms with van der Waals surface area (Å²) in [6.07, 6.45) is 0. The number of ether oxygens (including phenoxy) is 2. The van der Waals surface area contributed by atoms with Crippen molar-refractivity contribution in [3.63, 3.8) is 0 Å². The summed E-state index contributed by atoms with van der Waals surface area (Å²) in [6.45, 7) is 5.26. The van der Waals surface area contributed by atoms with Crippen molar-refractivity contribution in [3.8, 4) is 22.7 Å². The van der Waals surface area contributed by atoms with E-state index in [4.69, 9.17) is 19.6 Å². The number of aromatic nitrogens is 3. The molecule has 8 nitrogen and oxygen atoms in total. The Morgan fingerprint density at radius 2 is 1.57 bits per heavy atom. The van der Waals surface area contributed by atoms with Crippen LogP contribution in [0, 0.1) is 6.92 Å². The van der Waals surface area contributed by atoms with E-state index in [0.717, 1.165) is 16.9 Å². The molecule has 0 fully saturated rings. The lowest BCUT2D eigenvalue weighted by molar-refractivity contribution is -0.122. The number of methoxy groups -OCH3 is 1. The Kier molecular flexibility index (Phi) is 7.59. The molecule has 2 aromatic heterocycles. The topological polar surface area (TPSA) is 86.5 Å². The molecule has 8 heteroatoms. The zero-order valence-electron chi connectivity index (χ0n) is 22.9. The average Bonchev–Trinajstić information content (AvgIpc) is 3.32. The zero-order chi connectivity index (χ0) is 28.2. The van der Waals surface area contributed by atoms with E-state index in [2.05, 4.69) is 0 Å². The maximum atomic E-state index is 13.6. The molecular formula is C32H30N4O4. The van der Waals surface area contributed by atoms with E-state index in [1.165, 1.54) is 0 Å². The average molecular weight is 535 g/mol. The van der Waals surface area contributed by atoms with Crippen LogP contribution in [0.4, 0.5) is 5.69 Å². The lowest BCUT2D eigenvalue weighted by Gasteiger charge is -2.26. The number of nitrogens with zero attached hydrogens (tertiary/aromatic N) is 4. The van der Waals surface area contributed by atoms with Gasteiger partial charge < -0.3 is 14.4 Å². The monoisotopic (exact) mass is 534 g/mol. The molecule has 40 heavy (non-hydrogen) atoms. The SMILES string of the molecule is COc1ccc(-c2cc(C(=O)OCC(=O)N(c3ccccc3)C(C)C)c3c(C)nn(-c4ccccc4)c3n2)cc1. The number of hydrogen-bond donors (Lipinski definition) is 0. The van der Waals surface area contributed by atoms with Gasteiger partial charge in [0, 0.05) is 17.3 Å². The summed E-state index contributed by atoms with van der Waals surface area (Å²) in [5.41, 5.74) is 4.35. The Balaban J connectivity index is 1.54. The van der Waals surface area contributed by atoms with E-state index in [-0.39, 0.29) is 11.9 Å². The predicted octanol–water partition coefficient (Wildman–Crippen LogP) is 6.00. The van der Waals surface area contributed by atoms with Gasteiger partial charge in [-0.25, -0.2) is 14.5 Å². The molecule has 0 aliphatic rings. The van der Waals surface area contributed by atoms with Crippen molar-refractivity contribution >= 4 is 28.6 Å². The second kappa shape index (κ2) is 11.4. The Bertz CT molecular complexity index is 1650. The molecule has 0 spiro atoms. The third kappa shape index (κ3) is 5.29. The lowest BCUT2D eigenvalue weighted by atomic mass is 10.1. The maximum absolute atomic E-state index is 13.6. The predicted molar refractivity (Wildman–Crippen MR) is 155 cm³/mol. The smallest absolute Gasteiger partial charge is 0.339 e.